The summed E-state index contributed by atoms with van der Waals surface area (Å²) in [6, 6.07) is 10.8. The first-order chi connectivity index (χ1) is 12.2. The largest absolute Gasteiger partial charge is 0.494 e. The first-order valence-electron chi connectivity index (χ1n) is 8.73. The Kier molecular flexibility index (Phi) is 7.76. The maximum absolute atomic E-state index is 10.8. The molecule has 5 nitrogen and oxygen atoms in total. The van der Waals surface area contributed by atoms with Gasteiger partial charge in [0.15, 0.2) is 0 Å². The number of nitrogens with zero attached hydrogens (tertiary/aromatic N) is 1. The number of carbonyl (C=O) groups is 1. The third-order valence-corrected chi connectivity index (χ3v) is 3.81. The quantitative estimate of drug-likeness (QED) is 0.599. The Bertz CT molecular complexity index is 638. The topological polar surface area (TPSA) is 68.7 Å². The van der Waals surface area contributed by atoms with Crippen molar-refractivity contribution in [1.29, 1.82) is 0 Å². The normalized spacial score (nSPS) is 10.4. The minimum atomic E-state index is -1.000. The maximum Gasteiger partial charge on any atom is 0.337 e. The van der Waals surface area contributed by atoms with E-state index in [0.717, 1.165) is 24.3 Å². The number of pyridine rings is 1. The van der Waals surface area contributed by atoms with E-state index in [-0.39, 0.29) is 5.56 Å². The van der Waals surface area contributed by atoms with Crippen molar-refractivity contribution in [2.75, 3.05) is 6.61 Å². The van der Waals surface area contributed by atoms with E-state index in [4.69, 9.17) is 14.6 Å². The predicted octanol–water partition coefficient (Wildman–Crippen LogP) is 4.71. The number of unbranched alkanes of at least 4 members (excludes halogenated alkanes) is 4. The van der Waals surface area contributed by atoms with Crippen LogP contribution in [0.2, 0.25) is 0 Å². The molecule has 25 heavy (non-hydrogen) atoms. The van der Waals surface area contributed by atoms with Crippen molar-refractivity contribution in [3.8, 4) is 11.6 Å². The summed E-state index contributed by atoms with van der Waals surface area (Å²) in [6.45, 7) is 3.33. The Morgan fingerprint density at radius 3 is 2.40 bits per heavy atom. The van der Waals surface area contributed by atoms with Crippen LogP contribution in [0.5, 0.6) is 11.6 Å². The molecule has 0 aliphatic heterocycles. The van der Waals surface area contributed by atoms with E-state index in [0.29, 0.717) is 12.5 Å². The molecular weight excluding hydrogens is 318 g/mol. The highest BCUT2D eigenvalue weighted by Gasteiger charge is 2.04. The number of benzene rings is 1. The second kappa shape index (κ2) is 10.3. The van der Waals surface area contributed by atoms with E-state index >= 15 is 0 Å². The van der Waals surface area contributed by atoms with Gasteiger partial charge in [0.2, 0.25) is 5.88 Å². The Balaban J connectivity index is 1.71. The molecular formula is C20H25NO4. The summed E-state index contributed by atoms with van der Waals surface area (Å²) in [5, 5.41) is 8.83. The second-order valence-electron chi connectivity index (χ2n) is 5.89. The fourth-order valence-corrected chi connectivity index (χ4v) is 2.33. The Hall–Kier alpha value is -2.56. The van der Waals surface area contributed by atoms with Crippen LogP contribution in [-0.4, -0.2) is 22.7 Å². The van der Waals surface area contributed by atoms with E-state index in [2.05, 4.69) is 11.9 Å². The average Bonchev–Trinajstić information content (AvgIpc) is 2.64. The molecule has 134 valence electrons. The number of hydrogen-bond donors (Lipinski definition) is 1. The van der Waals surface area contributed by atoms with Gasteiger partial charge >= 0.3 is 5.97 Å². The lowest BCUT2D eigenvalue weighted by molar-refractivity contribution is 0.0696. The van der Waals surface area contributed by atoms with Crippen LogP contribution in [0.15, 0.2) is 42.6 Å². The van der Waals surface area contributed by atoms with Crippen molar-refractivity contribution < 1.29 is 19.4 Å². The van der Waals surface area contributed by atoms with Crippen LogP contribution in [0.4, 0.5) is 0 Å². The van der Waals surface area contributed by atoms with Gasteiger partial charge in [0, 0.05) is 12.3 Å². The molecule has 0 radical (unpaired) electrons. The molecule has 0 spiro atoms. The first-order valence-corrected chi connectivity index (χ1v) is 8.73. The maximum atomic E-state index is 10.8. The van der Waals surface area contributed by atoms with Crippen LogP contribution in [0.25, 0.3) is 0 Å². The molecule has 0 bridgehead atoms. The van der Waals surface area contributed by atoms with Gasteiger partial charge in [0.25, 0.3) is 0 Å². The minimum Gasteiger partial charge on any atom is -0.494 e. The summed E-state index contributed by atoms with van der Waals surface area (Å²) in [5.41, 5.74) is 1.14. The molecule has 0 unspecified atom stereocenters. The van der Waals surface area contributed by atoms with Gasteiger partial charge in [-0.2, -0.15) is 0 Å². The summed E-state index contributed by atoms with van der Waals surface area (Å²) < 4.78 is 11.3. The average molecular weight is 343 g/mol. The number of ether oxygens (including phenoxy) is 2. The second-order valence-corrected chi connectivity index (χ2v) is 5.89. The molecule has 0 aliphatic carbocycles. The zero-order chi connectivity index (χ0) is 17.9. The lowest BCUT2D eigenvalue weighted by Crippen LogP contribution is -2.01. The Labute approximate surface area is 148 Å². The van der Waals surface area contributed by atoms with Crippen molar-refractivity contribution in [2.45, 2.75) is 45.6 Å². The van der Waals surface area contributed by atoms with E-state index in [1.165, 1.54) is 37.9 Å². The molecule has 1 heterocycles. The van der Waals surface area contributed by atoms with Crippen LogP contribution < -0.4 is 9.47 Å². The number of carboxylic acids is 1. The molecule has 0 fully saturated rings. The summed E-state index contributed by atoms with van der Waals surface area (Å²) >= 11 is 0. The van der Waals surface area contributed by atoms with Gasteiger partial charge in [-0.05, 0) is 30.2 Å². The Morgan fingerprint density at radius 2 is 1.76 bits per heavy atom. The molecule has 1 aromatic carbocycles. The molecule has 0 aliphatic rings. The summed E-state index contributed by atoms with van der Waals surface area (Å²) in [7, 11) is 0. The third kappa shape index (κ3) is 6.83. The highest BCUT2D eigenvalue weighted by atomic mass is 16.5. The number of aromatic carboxylic acids is 1. The van der Waals surface area contributed by atoms with Crippen molar-refractivity contribution in [3.63, 3.8) is 0 Å². The molecule has 1 aromatic heterocycles. The fourth-order valence-electron chi connectivity index (χ4n) is 2.33. The highest BCUT2D eigenvalue weighted by Crippen LogP contribution is 2.15. The lowest BCUT2D eigenvalue weighted by atomic mass is 10.2. The van der Waals surface area contributed by atoms with Crippen LogP contribution in [0, 0.1) is 0 Å². The molecule has 0 saturated carbocycles. The smallest absolute Gasteiger partial charge is 0.337 e. The lowest BCUT2D eigenvalue weighted by Gasteiger charge is -2.08. The van der Waals surface area contributed by atoms with Crippen LogP contribution in [0.3, 0.4) is 0 Å². The standard InChI is InChI=1S/C20H25NO4/c1-2-3-4-5-6-13-24-18-10-7-16(8-11-18)15-25-19-12-9-17(14-21-19)20(22)23/h7-12,14H,2-6,13,15H2,1H3,(H,22,23). The summed E-state index contributed by atoms with van der Waals surface area (Å²) in [4.78, 5) is 14.7. The number of rotatable bonds is 11. The predicted molar refractivity (Wildman–Crippen MR) is 96.2 cm³/mol. The van der Waals surface area contributed by atoms with Gasteiger partial charge in [-0.1, -0.05) is 44.7 Å². The van der Waals surface area contributed by atoms with Gasteiger partial charge in [0.1, 0.15) is 12.4 Å². The molecule has 2 aromatic rings. The Morgan fingerprint density at radius 1 is 1.00 bits per heavy atom. The number of hydrogen-bond acceptors (Lipinski definition) is 4. The molecule has 2 rings (SSSR count). The molecule has 5 heteroatoms. The first kappa shape index (κ1) is 18.8. The zero-order valence-electron chi connectivity index (χ0n) is 14.6. The van der Waals surface area contributed by atoms with Crippen molar-refractivity contribution in [2.24, 2.45) is 0 Å². The minimum absolute atomic E-state index is 0.142. The van der Waals surface area contributed by atoms with Crippen molar-refractivity contribution >= 4 is 5.97 Å². The van der Waals surface area contributed by atoms with Crippen LogP contribution in [0.1, 0.15) is 54.9 Å². The van der Waals surface area contributed by atoms with Crippen molar-refractivity contribution in [3.05, 3.63) is 53.7 Å². The van der Waals surface area contributed by atoms with Crippen LogP contribution >= 0.6 is 0 Å². The van der Waals surface area contributed by atoms with Gasteiger partial charge < -0.3 is 14.6 Å². The van der Waals surface area contributed by atoms with Gasteiger partial charge in [-0.25, -0.2) is 9.78 Å². The molecule has 0 amide bonds. The van der Waals surface area contributed by atoms with Gasteiger partial charge in [-0.3, -0.25) is 0 Å². The van der Waals surface area contributed by atoms with E-state index in [1.54, 1.807) is 6.07 Å². The van der Waals surface area contributed by atoms with E-state index < -0.39 is 5.97 Å². The number of aromatic nitrogens is 1. The van der Waals surface area contributed by atoms with E-state index in [1.807, 2.05) is 24.3 Å². The summed E-state index contributed by atoms with van der Waals surface area (Å²) in [5.74, 6) is 0.264. The van der Waals surface area contributed by atoms with Crippen LogP contribution in [-0.2, 0) is 6.61 Å². The van der Waals surface area contributed by atoms with Gasteiger partial charge in [0.05, 0.1) is 12.2 Å². The zero-order valence-corrected chi connectivity index (χ0v) is 14.6. The molecule has 0 atom stereocenters. The number of carboxylic acid groups (broad SMARTS) is 1. The monoisotopic (exact) mass is 343 g/mol. The summed E-state index contributed by atoms with van der Waals surface area (Å²) in [6.07, 6.45) is 7.41. The van der Waals surface area contributed by atoms with E-state index in [9.17, 15) is 4.79 Å². The SMILES string of the molecule is CCCCCCCOc1ccc(COc2ccc(C(=O)O)cn2)cc1. The van der Waals surface area contributed by atoms with Crippen molar-refractivity contribution in [1.82, 2.24) is 4.98 Å². The van der Waals surface area contributed by atoms with Gasteiger partial charge in [-0.15, -0.1) is 0 Å². The third-order valence-electron chi connectivity index (χ3n) is 3.81. The molecule has 0 saturated heterocycles. The molecule has 1 N–H and O–H groups in total. The highest BCUT2D eigenvalue weighted by molar-refractivity contribution is 5.87. The fraction of sp³-hybridized carbons (Fsp3) is 0.400.